The fourth-order valence-electron chi connectivity index (χ4n) is 2.54. The smallest absolute Gasteiger partial charge is 0.263 e. The summed E-state index contributed by atoms with van der Waals surface area (Å²) in [6.45, 7) is 0. The van der Waals surface area contributed by atoms with Crippen LogP contribution in [0.3, 0.4) is 0 Å². The number of hydrogen-bond acceptors (Lipinski definition) is 4. The van der Waals surface area contributed by atoms with Gasteiger partial charge in [0.1, 0.15) is 0 Å². The highest BCUT2D eigenvalue weighted by Gasteiger charge is 2.29. The van der Waals surface area contributed by atoms with Crippen molar-refractivity contribution in [1.82, 2.24) is 14.7 Å². The lowest BCUT2D eigenvalue weighted by Crippen LogP contribution is -2.05. The first-order chi connectivity index (χ1) is 12.5. The average molecular weight is 375 g/mol. The lowest BCUT2D eigenvalue weighted by atomic mass is 10.0. The normalized spacial score (nSPS) is 11.5. The Kier molecular flexibility index (Phi) is 5.58. The molecule has 0 amide bonds. The summed E-state index contributed by atoms with van der Waals surface area (Å²) >= 11 is 1.51. The monoisotopic (exact) mass is 375 g/mol. The third kappa shape index (κ3) is 4.42. The Morgan fingerprint density at radius 3 is 2.19 bits per heavy atom. The highest BCUT2D eigenvalue weighted by Crippen LogP contribution is 2.30. The zero-order valence-electron chi connectivity index (χ0n) is 13.9. The van der Waals surface area contributed by atoms with Gasteiger partial charge in [-0.3, -0.25) is 14.7 Å². The van der Waals surface area contributed by atoms with Gasteiger partial charge in [0, 0.05) is 29.3 Å². The van der Waals surface area contributed by atoms with E-state index in [-0.39, 0.29) is 0 Å². The third-order valence-corrected chi connectivity index (χ3v) is 4.49. The van der Waals surface area contributed by atoms with Crippen LogP contribution in [-0.4, -0.2) is 17.0 Å². The van der Waals surface area contributed by atoms with Crippen molar-refractivity contribution in [1.29, 1.82) is 0 Å². The Morgan fingerprint density at radius 2 is 1.58 bits per heavy atom. The molecule has 26 heavy (non-hydrogen) atoms. The summed E-state index contributed by atoms with van der Waals surface area (Å²) < 4.78 is 41.1. The molecule has 2 aromatic carbocycles. The quantitative estimate of drug-likeness (QED) is 0.638. The molecule has 0 aliphatic heterocycles. The summed E-state index contributed by atoms with van der Waals surface area (Å²) in [6, 6.07) is 13.0. The van der Waals surface area contributed by atoms with Gasteiger partial charge in [-0.1, -0.05) is 24.3 Å². The van der Waals surface area contributed by atoms with Gasteiger partial charge in [-0.15, -0.1) is 0 Å². The minimum Gasteiger partial charge on any atom is -0.263 e. The molecule has 7 heteroatoms. The van der Waals surface area contributed by atoms with Crippen molar-refractivity contribution in [3.05, 3.63) is 77.7 Å². The van der Waals surface area contributed by atoms with Crippen molar-refractivity contribution in [2.75, 3.05) is 7.05 Å². The second-order valence-corrected chi connectivity index (χ2v) is 6.64. The number of nitrogens with one attached hydrogen (secondary N) is 1. The van der Waals surface area contributed by atoms with Crippen LogP contribution >= 0.6 is 11.9 Å². The fraction of sp³-hybridized carbons (Fsp3) is 0.158. The van der Waals surface area contributed by atoms with Gasteiger partial charge < -0.3 is 0 Å². The molecule has 0 aliphatic carbocycles. The molecule has 0 saturated heterocycles. The number of nitrogens with zero attached hydrogens (tertiary/aromatic N) is 2. The van der Waals surface area contributed by atoms with Gasteiger partial charge in [0.05, 0.1) is 17.0 Å². The van der Waals surface area contributed by atoms with Gasteiger partial charge in [-0.25, -0.2) is 0 Å². The second kappa shape index (κ2) is 7.88. The standard InChI is InChI=1S/C19H16F3N3S/c1-23-26-16-8-4-14(5-9-16)18-17(24-10-11-25-18)12-13-2-6-15(7-3-13)19(20,21)22/h2-11,23H,12H2,1H3. The second-order valence-electron chi connectivity index (χ2n) is 5.55. The van der Waals surface area contributed by atoms with Crippen molar-refractivity contribution in [2.45, 2.75) is 17.5 Å². The Labute approximate surface area is 153 Å². The third-order valence-electron chi connectivity index (χ3n) is 3.77. The molecule has 0 bridgehead atoms. The number of hydrogen-bond donors (Lipinski definition) is 1. The Balaban J connectivity index is 1.85. The van der Waals surface area contributed by atoms with Crippen molar-refractivity contribution in [3.63, 3.8) is 0 Å². The molecule has 0 fully saturated rings. The van der Waals surface area contributed by atoms with E-state index in [4.69, 9.17) is 0 Å². The number of aromatic nitrogens is 2. The van der Waals surface area contributed by atoms with Crippen LogP contribution in [0.4, 0.5) is 13.2 Å². The highest BCUT2D eigenvalue weighted by atomic mass is 32.2. The summed E-state index contributed by atoms with van der Waals surface area (Å²) in [6.07, 6.45) is -0.715. The van der Waals surface area contributed by atoms with E-state index >= 15 is 0 Å². The molecule has 1 aromatic heterocycles. The van der Waals surface area contributed by atoms with Crippen LogP contribution in [0, 0.1) is 0 Å². The Bertz CT molecular complexity index is 862. The lowest BCUT2D eigenvalue weighted by Gasteiger charge is -2.10. The first-order valence-electron chi connectivity index (χ1n) is 7.87. The van der Waals surface area contributed by atoms with Crippen LogP contribution in [-0.2, 0) is 12.6 Å². The van der Waals surface area contributed by atoms with Crippen LogP contribution in [0.2, 0.25) is 0 Å². The Hall–Kier alpha value is -2.38. The van der Waals surface area contributed by atoms with Gasteiger partial charge in [0.15, 0.2) is 0 Å². The van der Waals surface area contributed by atoms with Gasteiger partial charge in [0.2, 0.25) is 0 Å². The first kappa shape index (κ1) is 18.4. The molecule has 0 atom stereocenters. The molecule has 1 N–H and O–H groups in total. The molecule has 3 rings (SSSR count). The van der Waals surface area contributed by atoms with Gasteiger partial charge in [-0.2, -0.15) is 13.2 Å². The van der Waals surface area contributed by atoms with Crippen LogP contribution in [0.15, 0.2) is 65.8 Å². The average Bonchev–Trinajstić information content (AvgIpc) is 2.63. The van der Waals surface area contributed by atoms with E-state index in [1.165, 1.54) is 24.1 Å². The summed E-state index contributed by atoms with van der Waals surface area (Å²) in [5.74, 6) is 0. The summed E-state index contributed by atoms with van der Waals surface area (Å²) in [4.78, 5) is 9.86. The van der Waals surface area contributed by atoms with E-state index in [9.17, 15) is 13.2 Å². The van der Waals surface area contributed by atoms with Crippen molar-refractivity contribution in [2.24, 2.45) is 0 Å². The first-order valence-corrected chi connectivity index (χ1v) is 8.69. The predicted molar refractivity (Wildman–Crippen MR) is 96.6 cm³/mol. The molecule has 0 spiro atoms. The topological polar surface area (TPSA) is 37.8 Å². The SMILES string of the molecule is CNSc1ccc(-c2nccnc2Cc2ccc(C(F)(F)F)cc2)cc1. The molecule has 0 saturated carbocycles. The fourth-order valence-corrected chi connectivity index (χ4v) is 3.05. The van der Waals surface area contributed by atoms with E-state index in [0.717, 1.165) is 39.5 Å². The number of benzene rings is 2. The zero-order chi connectivity index (χ0) is 18.6. The predicted octanol–water partition coefficient (Wildman–Crippen LogP) is 4.98. The maximum absolute atomic E-state index is 12.7. The van der Waals surface area contributed by atoms with Gasteiger partial charge >= 0.3 is 6.18 Å². The molecule has 1 heterocycles. The lowest BCUT2D eigenvalue weighted by molar-refractivity contribution is -0.137. The molecule has 0 unspecified atom stereocenters. The molecule has 0 aliphatic rings. The van der Waals surface area contributed by atoms with E-state index in [1.807, 2.05) is 31.3 Å². The highest BCUT2D eigenvalue weighted by molar-refractivity contribution is 7.97. The van der Waals surface area contributed by atoms with Crippen LogP contribution in [0.1, 0.15) is 16.8 Å². The van der Waals surface area contributed by atoms with E-state index in [1.54, 1.807) is 12.4 Å². The largest absolute Gasteiger partial charge is 0.416 e. The molecule has 3 aromatic rings. The molecule has 134 valence electrons. The molecular weight excluding hydrogens is 359 g/mol. The van der Waals surface area contributed by atoms with Crippen LogP contribution < -0.4 is 4.72 Å². The van der Waals surface area contributed by atoms with E-state index in [0.29, 0.717) is 6.42 Å². The number of alkyl halides is 3. The maximum Gasteiger partial charge on any atom is 0.416 e. The van der Waals surface area contributed by atoms with Crippen molar-refractivity contribution < 1.29 is 13.2 Å². The van der Waals surface area contributed by atoms with Crippen molar-refractivity contribution >= 4 is 11.9 Å². The summed E-state index contributed by atoms with van der Waals surface area (Å²) in [5.41, 5.74) is 2.47. The minimum atomic E-state index is -4.33. The number of halogens is 3. The van der Waals surface area contributed by atoms with Crippen LogP contribution in [0.5, 0.6) is 0 Å². The maximum atomic E-state index is 12.7. The summed E-state index contributed by atoms with van der Waals surface area (Å²) in [5, 5.41) is 0. The molecule has 3 nitrogen and oxygen atoms in total. The van der Waals surface area contributed by atoms with Crippen LogP contribution in [0.25, 0.3) is 11.3 Å². The van der Waals surface area contributed by atoms with E-state index in [2.05, 4.69) is 14.7 Å². The summed E-state index contributed by atoms with van der Waals surface area (Å²) in [7, 11) is 1.85. The molecular formula is C19H16F3N3S. The minimum absolute atomic E-state index is 0.411. The van der Waals surface area contributed by atoms with Gasteiger partial charge in [0.25, 0.3) is 0 Å². The number of rotatable bonds is 5. The Morgan fingerprint density at radius 1 is 0.923 bits per heavy atom. The molecule has 0 radical (unpaired) electrons. The van der Waals surface area contributed by atoms with Gasteiger partial charge in [-0.05, 0) is 48.8 Å². The zero-order valence-corrected chi connectivity index (χ0v) is 14.7. The van der Waals surface area contributed by atoms with Crippen molar-refractivity contribution in [3.8, 4) is 11.3 Å². The van der Waals surface area contributed by atoms with E-state index < -0.39 is 11.7 Å².